The number of carbonyl (C=O) groups is 1. The minimum absolute atomic E-state index is 0.0987. The van der Waals surface area contributed by atoms with Gasteiger partial charge >= 0.3 is 6.03 Å². The number of sulfonamides is 1. The van der Waals surface area contributed by atoms with Crippen LogP contribution in [0.2, 0.25) is 0 Å². The van der Waals surface area contributed by atoms with Crippen LogP contribution in [0.15, 0.2) is 41.6 Å². The normalized spacial score (nSPS) is 16.3. The van der Waals surface area contributed by atoms with Gasteiger partial charge in [-0.05, 0) is 18.6 Å². The summed E-state index contributed by atoms with van der Waals surface area (Å²) in [7, 11) is -2.00. The Morgan fingerprint density at radius 1 is 1.19 bits per heavy atom. The predicted octanol–water partition coefficient (Wildman–Crippen LogP) is 1.49. The average molecular weight is 381 g/mol. The molecule has 0 radical (unpaired) electrons. The molecule has 10 heteroatoms. The van der Waals surface area contributed by atoms with Crippen LogP contribution >= 0.6 is 0 Å². The number of aromatic nitrogens is 2. The molecule has 0 atom stereocenters. The molecule has 1 aliphatic rings. The minimum atomic E-state index is -3.65. The SMILES string of the molecule is Cn1cc(S(=O)(=O)N2CCCN(C(=O)Nc3ccccc3F)CC2)cn1. The summed E-state index contributed by atoms with van der Waals surface area (Å²) < 4.78 is 41.8. The van der Waals surface area contributed by atoms with Crippen molar-refractivity contribution in [2.75, 3.05) is 31.5 Å². The van der Waals surface area contributed by atoms with Crippen molar-refractivity contribution in [1.82, 2.24) is 19.0 Å². The first-order chi connectivity index (χ1) is 12.4. The van der Waals surface area contributed by atoms with Crippen LogP contribution in [0.1, 0.15) is 6.42 Å². The zero-order valence-electron chi connectivity index (χ0n) is 14.3. The molecule has 1 aromatic carbocycles. The molecule has 140 valence electrons. The molecule has 2 amide bonds. The maximum Gasteiger partial charge on any atom is 0.321 e. The number of hydrogen-bond acceptors (Lipinski definition) is 4. The molecule has 3 rings (SSSR count). The molecule has 8 nitrogen and oxygen atoms in total. The highest BCUT2D eigenvalue weighted by Gasteiger charge is 2.29. The van der Waals surface area contributed by atoms with Gasteiger partial charge in [0.25, 0.3) is 0 Å². The molecule has 0 spiro atoms. The first-order valence-corrected chi connectivity index (χ1v) is 9.61. The van der Waals surface area contributed by atoms with Crippen LogP contribution < -0.4 is 5.32 Å². The van der Waals surface area contributed by atoms with Crippen molar-refractivity contribution in [3.05, 3.63) is 42.5 Å². The quantitative estimate of drug-likeness (QED) is 0.873. The molecule has 2 aromatic rings. The zero-order chi connectivity index (χ0) is 18.7. The standard InChI is InChI=1S/C16H20FN5O3S/c1-20-12-13(11-18-20)26(24,25)22-8-4-7-21(9-10-22)16(23)19-15-6-3-2-5-14(15)17/h2-3,5-6,11-12H,4,7-10H2,1H3,(H,19,23). The number of rotatable bonds is 3. The number of hydrogen-bond donors (Lipinski definition) is 1. The van der Waals surface area contributed by atoms with Crippen molar-refractivity contribution < 1.29 is 17.6 Å². The molecular formula is C16H20FN5O3S. The van der Waals surface area contributed by atoms with Crippen molar-refractivity contribution in [2.24, 2.45) is 7.05 Å². The lowest BCUT2D eigenvalue weighted by Crippen LogP contribution is -2.39. The fourth-order valence-electron chi connectivity index (χ4n) is 2.78. The smallest absolute Gasteiger partial charge is 0.321 e. The van der Waals surface area contributed by atoms with E-state index in [1.807, 2.05) is 0 Å². The lowest BCUT2D eigenvalue weighted by atomic mass is 10.3. The topological polar surface area (TPSA) is 87.5 Å². The molecular weight excluding hydrogens is 361 g/mol. The molecule has 26 heavy (non-hydrogen) atoms. The largest absolute Gasteiger partial charge is 0.323 e. The van der Waals surface area contributed by atoms with Gasteiger partial charge in [-0.3, -0.25) is 4.68 Å². The van der Waals surface area contributed by atoms with Gasteiger partial charge in [-0.15, -0.1) is 0 Å². The van der Waals surface area contributed by atoms with Crippen LogP contribution in [-0.2, 0) is 17.1 Å². The molecule has 1 aliphatic heterocycles. The number of anilines is 1. The molecule has 1 N–H and O–H groups in total. The van der Waals surface area contributed by atoms with Gasteiger partial charge in [0.2, 0.25) is 10.0 Å². The summed E-state index contributed by atoms with van der Waals surface area (Å²) in [6.07, 6.45) is 3.25. The third-order valence-corrected chi connectivity index (χ3v) is 6.03. The molecule has 1 aromatic heterocycles. The third kappa shape index (κ3) is 3.86. The van der Waals surface area contributed by atoms with E-state index in [2.05, 4.69) is 10.4 Å². The lowest BCUT2D eigenvalue weighted by molar-refractivity contribution is 0.214. The Kier molecular flexibility index (Phi) is 5.23. The number of urea groups is 1. The number of halogens is 1. The average Bonchev–Trinajstić information content (AvgIpc) is 2.90. The third-order valence-electron chi connectivity index (χ3n) is 4.18. The fourth-order valence-corrected chi connectivity index (χ4v) is 4.23. The number of para-hydroxylation sites is 1. The number of amides is 2. The van der Waals surface area contributed by atoms with E-state index in [-0.39, 0.29) is 23.7 Å². The van der Waals surface area contributed by atoms with E-state index >= 15 is 0 Å². The summed E-state index contributed by atoms with van der Waals surface area (Å²) in [4.78, 5) is 14.0. The van der Waals surface area contributed by atoms with Gasteiger partial charge in [0, 0.05) is 39.4 Å². The van der Waals surface area contributed by atoms with Gasteiger partial charge in [0.15, 0.2) is 0 Å². The molecule has 1 fully saturated rings. The second kappa shape index (κ2) is 7.42. The molecule has 0 bridgehead atoms. The van der Waals surface area contributed by atoms with E-state index in [4.69, 9.17) is 0 Å². The molecule has 0 aliphatic carbocycles. The number of aryl methyl sites for hydroxylation is 1. The van der Waals surface area contributed by atoms with Crippen LogP contribution in [0.3, 0.4) is 0 Å². The predicted molar refractivity (Wildman–Crippen MR) is 93.6 cm³/mol. The summed E-state index contributed by atoms with van der Waals surface area (Å²) in [6.45, 7) is 1.09. The van der Waals surface area contributed by atoms with Crippen LogP contribution in [0.4, 0.5) is 14.9 Å². The Morgan fingerprint density at radius 3 is 2.65 bits per heavy atom. The Labute approximate surface area is 151 Å². The second-order valence-corrected chi connectivity index (χ2v) is 7.94. The van der Waals surface area contributed by atoms with E-state index in [9.17, 15) is 17.6 Å². The lowest BCUT2D eigenvalue weighted by Gasteiger charge is -2.22. The van der Waals surface area contributed by atoms with Gasteiger partial charge in [0.05, 0.1) is 11.9 Å². The van der Waals surface area contributed by atoms with Gasteiger partial charge in [-0.1, -0.05) is 12.1 Å². The van der Waals surface area contributed by atoms with Gasteiger partial charge < -0.3 is 10.2 Å². The zero-order valence-corrected chi connectivity index (χ0v) is 15.1. The van der Waals surface area contributed by atoms with Crippen molar-refractivity contribution in [3.8, 4) is 0 Å². The number of carbonyl (C=O) groups excluding carboxylic acids is 1. The van der Waals surface area contributed by atoms with Crippen LogP contribution in [-0.4, -0.2) is 59.6 Å². The minimum Gasteiger partial charge on any atom is -0.323 e. The molecule has 0 saturated carbocycles. The van der Waals surface area contributed by atoms with Gasteiger partial charge in [-0.25, -0.2) is 17.6 Å². The van der Waals surface area contributed by atoms with E-state index in [0.29, 0.717) is 19.5 Å². The summed E-state index contributed by atoms with van der Waals surface area (Å²) in [5.41, 5.74) is 0.0987. The Bertz CT molecular complexity index is 899. The van der Waals surface area contributed by atoms with E-state index < -0.39 is 21.9 Å². The summed E-state index contributed by atoms with van der Waals surface area (Å²) in [6, 6.07) is 5.46. The number of nitrogens with zero attached hydrogens (tertiary/aromatic N) is 4. The van der Waals surface area contributed by atoms with Crippen molar-refractivity contribution >= 4 is 21.7 Å². The number of nitrogens with one attached hydrogen (secondary N) is 1. The fraction of sp³-hybridized carbons (Fsp3) is 0.375. The first-order valence-electron chi connectivity index (χ1n) is 8.17. The van der Waals surface area contributed by atoms with E-state index in [1.165, 1.54) is 44.5 Å². The van der Waals surface area contributed by atoms with Crippen molar-refractivity contribution in [2.45, 2.75) is 11.3 Å². The summed E-state index contributed by atoms with van der Waals surface area (Å²) >= 11 is 0. The van der Waals surface area contributed by atoms with Crippen LogP contribution in [0.5, 0.6) is 0 Å². The van der Waals surface area contributed by atoms with Gasteiger partial charge in [-0.2, -0.15) is 9.40 Å². The summed E-state index contributed by atoms with van der Waals surface area (Å²) in [5.74, 6) is -0.517. The van der Waals surface area contributed by atoms with Crippen LogP contribution in [0, 0.1) is 5.82 Å². The van der Waals surface area contributed by atoms with E-state index in [1.54, 1.807) is 13.1 Å². The molecule has 1 saturated heterocycles. The number of benzene rings is 1. The highest BCUT2D eigenvalue weighted by atomic mass is 32.2. The molecule has 2 heterocycles. The van der Waals surface area contributed by atoms with Crippen LogP contribution in [0.25, 0.3) is 0 Å². The maximum absolute atomic E-state index is 13.7. The van der Waals surface area contributed by atoms with Gasteiger partial charge in [0.1, 0.15) is 10.7 Å². The Balaban J connectivity index is 1.66. The highest BCUT2D eigenvalue weighted by molar-refractivity contribution is 7.89. The molecule has 0 unspecified atom stereocenters. The maximum atomic E-state index is 13.7. The first kappa shape index (κ1) is 18.3. The van der Waals surface area contributed by atoms with Crippen molar-refractivity contribution in [1.29, 1.82) is 0 Å². The highest BCUT2D eigenvalue weighted by Crippen LogP contribution is 2.18. The van der Waals surface area contributed by atoms with Crippen molar-refractivity contribution in [3.63, 3.8) is 0 Å². The second-order valence-electron chi connectivity index (χ2n) is 6.00. The van der Waals surface area contributed by atoms with E-state index in [0.717, 1.165) is 0 Å². The monoisotopic (exact) mass is 381 g/mol. The Morgan fingerprint density at radius 2 is 1.96 bits per heavy atom. The summed E-state index contributed by atoms with van der Waals surface area (Å²) in [5, 5.41) is 6.43. The Hall–Kier alpha value is -2.46.